The Kier molecular flexibility index (Phi) is 4.18. The molecule has 0 radical (unpaired) electrons. The molecule has 6 heteroatoms. The van der Waals surface area contributed by atoms with E-state index in [0.717, 1.165) is 11.1 Å². The molecule has 2 aromatic carbocycles. The standard InChI is InChI=1S/C15H17NO4S/c1-16(2)13-7-3-6-12-11(13)5-4-8-14(12)21(19,20)10-9-15(17)18/h3-8H,9-10H2,1-2H3,(H,17,18). The maximum atomic E-state index is 12.4. The second-order valence-electron chi connectivity index (χ2n) is 4.99. The molecule has 0 aromatic heterocycles. The smallest absolute Gasteiger partial charge is 0.304 e. The molecule has 0 aliphatic rings. The van der Waals surface area contributed by atoms with Crippen LogP contribution in [0.25, 0.3) is 10.8 Å². The van der Waals surface area contributed by atoms with Gasteiger partial charge in [0.2, 0.25) is 0 Å². The monoisotopic (exact) mass is 307 g/mol. The summed E-state index contributed by atoms with van der Waals surface area (Å²) in [5.74, 6) is -1.51. The van der Waals surface area contributed by atoms with Crippen LogP contribution in [0.1, 0.15) is 6.42 Å². The molecule has 21 heavy (non-hydrogen) atoms. The third-order valence-corrected chi connectivity index (χ3v) is 5.03. The van der Waals surface area contributed by atoms with Gasteiger partial charge in [0.15, 0.2) is 9.84 Å². The van der Waals surface area contributed by atoms with Gasteiger partial charge >= 0.3 is 5.97 Å². The average Bonchev–Trinajstić information content (AvgIpc) is 2.43. The Hall–Kier alpha value is -2.08. The van der Waals surface area contributed by atoms with E-state index in [0.29, 0.717) is 5.39 Å². The van der Waals surface area contributed by atoms with Crippen LogP contribution in [-0.4, -0.2) is 39.3 Å². The van der Waals surface area contributed by atoms with Crippen molar-refractivity contribution in [3.05, 3.63) is 36.4 Å². The van der Waals surface area contributed by atoms with Gasteiger partial charge in [-0.25, -0.2) is 8.42 Å². The van der Waals surface area contributed by atoms with Crippen molar-refractivity contribution in [3.8, 4) is 0 Å². The van der Waals surface area contributed by atoms with Crippen LogP contribution in [0.15, 0.2) is 41.3 Å². The molecule has 0 aliphatic heterocycles. The van der Waals surface area contributed by atoms with Crippen molar-refractivity contribution in [2.75, 3.05) is 24.7 Å². The topological polar surface area (TPSA) is 74.7 Å². The van der Waals surface area contributed by atoms with E-state index < -0.39 is 28.0 Å². The SMILES string of the molecule is CN(C)c1cccc2c(S(=O)(=O)CCC(=O)O)cccc12. The summed E-state index contributed by atoms with van der Waals surface area (Å²) in [7, 11) is 0.155. The number of sulfone groups is 1. The summed E-state index contributed by atoms with van der Waals surface area (Å²) in [5, 5.41) is 10.1. The Morgan fingerprint density at radius 1 is 1.10 bits per heavy atom. The fourth-order valence-corrected chi connectivity index (χ4v) is 3.72. The molecule has 0 saturated carbocycles. The van der Waals surface area contributed by atoms with E-state index >= 15 is 0 Å². The number of anilines is 1. The Bertz CT molecular complexity index is 781. The normalized spacial score (nSPS) is 11.5. The van der Waals surface area contributed by atoms with Gasteiger partial charge in [0, 0.05) is 30.6 Å². The second-order valence-corrected chi connectivity index (χ2v) is 7.06. The number of nitrogens with zero attached hydrogens (tertiary/aromatic N) is 1. The lowest BCUT2D eigenvalue weighted by molar-refractivity contribution is -0.136. The first-order valence-electron chi connectivity index (χ1n) is 6.46. The third-order valence-electron chi connectivity index (χ3n) is 3.26. The second kappa shape index (κ2) is 5.73. The lowest BCUT2D eigenvalue weighted by atomic mass is 10.1. The summed E-state index contributed by atoms with van der Waals surface area (Å²) in [6, 6.07) is 10.5. The molecule has 0 spiro atoms. The minimum absolute atomic E-state index is 0.185. The minimum Gasteiger partial charge on any atom is -0.481 e. The van der Waals surface area contributed by atoms with Crippen LogP contribution >= 0.6 is 0 Å². The van der Waals surface area contributed by atoms with Crippen LogP contribution in [0, 0.1) is 0 Å². The Labute approximate surface area is 123 Å². The molecule has 0 fully saturated rings. The summed E-state index contributed by atoms with van der Waals surface area (Å²) in [4.78, 5) is 12.7. The van der Waals surface area contributed by atoms with E-state index in [-0.39, 0.29) is 4.90 Å². The zero-order valence-electron chi connectivity index (χ0n) is 11.9. The van der Waals surface area contributed by atoms with Crippen molar-refractivity contribution >= 4 is 32.3 Å². The Balaban J connectivity index is 2.60. The highest BCUT2D eigenvalue weighted by Crippen LogP contribution is 2.30. The van der Waals surface area contributed by atoms with Gasteiger partial charge in [-0.1, -0.05) is 24.3 Å². The summed E-state index contributed by atoms with van der Waals surface area (Å²) in [5.41, 5.74) is 0.919. The molecular formula is C15H17NO4S. The highest BCUT2D eigenvalue weighted by atomic mass is 32.2. The van der Waals surface area contributed by atoms with E-state index in [2.05, 4.69) is 0 Å². The molecule has 2 aromatic rings. The van der Waals surface area contributed by atoms with Crippen molar-refractivity contribution in [3.63, 3.8) is 0 Å². The molecule has 0 saturated heterocycles. The van der Waals surface area contributed by atoms with Crippen molar-refractivity contribution in [1.82, 2.24) is 0 Å². The van der Waals surface area contributed by atoms with E-state index in [1.165, 1.54) is 6.07 Å². The van der Waals surface area contributed by atoms with Gasteiger partial charge in [0.1, 0.15) is 0 Å². The number of carboxylic acid groups (broad SMARTS) is 1. The molecule has 112 valence electrons. The van der Waals surface area contributed by atoms with Crippen LogP contribution in [0.3, 0.4) is 0 Å². The molecule has 0 bridgehead atoms. The molecule has 0 heterocycles. The minimum atomic E-state index is -3.62. The fraction of sp³-hybridized carbons (Fsp3) is 0.267. The van der Waals surface area contributed by atoms with Crippen molar-refractivity contribution in [1.29, 1.82) is 0 Å². The zero-order chi connectivity index (χ0) is 15.6. The van der Waals surface area contributed by atoms with Gasteiger partial charge < -0.3 is 10.0 Å². The van der Waals surface area contributed by atoms with Crippen LogP contribution in [0.5, 0.6) is 0 Å². The third kappa shape index (κ3) is 3.16. The van der Waals surface area contributed by atoms with Gasteiger partial charge in [0.25, 0.3) is 0 Å². The van der Waals surface area contributed by atoms with E-state index in [4.69, 9.17) is 5.11 Å². The molecule has 5 nitrogen and oxygen atoms in total. The van der Waals surface area contributed by atoms with Crippen molar-refractivity contribution < 1.29 is 18.3 Å². The highest BCUT2D eigenvalue weighted by molar-refractivity contribution is 7.91. The number of aliphatic carboxylic acids is 1. The van der Waals surface area contributed by atoms with E-state index in [1.54, 1.807) is 18.2 Å². The summed E-state index contributed by atoms with van der Waals surface area (Å²) < 4.78 is 24.7. The summed E-state index contributed by atoms with van der Waals surface area (Å²) >= 11 is 0. The predicted octanol–water partition coefficient (Wildman–Crippen LogP) is 2.15. The number of hydrogen-bond acceptors (Lipinski definition) is 4. The molecule has 0 amide bonds. The number of rotatable bonds is 5. The maximum absolute atomic E-state index is 12.4. The van der Waals surface area contributed by atoms with Crippen LogP contribution in [-0.2, 0) is 14.6 Å². The number of hydrogen-bond donors (Lipinski definition) is 1. The zero-order valence-corrected chi connectivity index (χ0v) is 12.7. The van der Waals surface area contributed by atoms with Gasteiger partial charge in [0.05, 0.1) is 17.1 Å². The van der Waals surface area contributed by atoms with Gasteiger partial charge in [-0.2, -0.15) is 0 Å². The highest BCUT2D eigenvalue weighted by Gasteiger charge is 2.19. The van der Waals surface area contributed by atoms with Crippen LogP contribution in [0.4, 0.5) is 5.69 Å². The Morgan fingerprint density at radius 3 is 2.33 bits per heavy atom. The van der Waals surface area contributed by atoms with E-state index in [1.807, 2.05) is 31.1 Å². The maximum Gasteiger partial charge on any atom is 0.304 e. The molecule has 1 N–H and O–H groups in total. The molecule has 0 aliphatic carbocycles. The first-order chi connectivity index (χ1) is 9.83. The molecule has 0 atom stereocenters. The van der Waals surface area contributed by atoms with Crippen molar-refractivity contribution in [2.24, 2.45) is 0 Å². The first kappa shape index (κ1) is 15.3. The van der Waals surface area contributed by atoms with Crippen molar-refractivity contribution in [2.45, 2.75) is 11.3 Å². The average molecular weight is 307 g/mol. The fourth-order valence-electron chi connectivity index (χ4n) is 2.26. The lowest BCUT2D eigenvalue weighted by Crippen LogP contribution is -2.12. The van der Waals surface area contributed by atoms with Crippen LogP contribution in [0.2, 0.25) is 0 Å². The quantitative estimate of drug-likeness (QED) is 0.916. The van der Waals surface area contributed by atoms with Gasteiger partial charge in [-0.3, -0.25) is 4.79 Å². The first-order valence-corrected chi connectivity index (χ1v) is 8.12. The predicted molar refractivity (Wildman–Crippen MR) is 82.6 cm³/mol. The molecule has 0 unspecified atom stereocenters. The summed E-state index contributed by atoms with van der Waals surface area (Å²) in [6.07, 6.45) is -0.397. The lowest BCUT2D eigenvalue weighted by Gasteiger charge is -2.16. The molecular weight excluding hydrogens is 290 g/mol. The Morgan fingerprint density at radius 2 is 1.71 bits per heavy atom. The van der Waals surface area contributed by atoms with E-state index in [9.17, 15) is 13.2 Å². The summed E-state index contributed by atoms with van der Waals surface area (Å²) in [6.45, 7) is 0. The largest absolute Gasteiger partial charge is 0.481 e. The van der Waals surface area contributed by atoms with Crippen LogP contribution < -0.4 is 4.90 Å². The molecule has 2 rings (SSSR count). The number of carbonyl (C=O) groups is 1. The van der Waals surface area contributed by atoms with Gasteiger partial charge in [-0.15, -0.1) is 0 Å². The number of benzene rings is 2. The number of carboxylic acids is 1. The van der Waals surface area contributed by atoms with Gasteiger partial charge in [-0.05, 0) is 12.1 Å². The number of fused-ring (bicyclic) bond motifs is 1.